The molecule has 0 amide bonds. The molecule has 0 radical (unpaired) electrons. The molecule has 4 heteroatoms. The maximum atomic E-state index is 13.1. The highest BCUT2D eigenvalue weighted by molar-refractivity contribution is 9.10. The van der Waals surface area contributed by atoms with Crippen LogP contribution in [0.4, 0.5) is 4.39 Å². The Bertz CT molecular complexity index is 473. The van der Waals surface area contributed by atoms with Crippen molar-refractivity contribution in [3.05, 3.63) is 34.1 Å². The summed E-state index contributed by atoms with van der Waals surface area (Å²) in [7, 11) is 0. The Balaban J connectivity index is 1.77. The molecule has 0 aromatic heterocycles. The maximum Gasteiger partial charge on any atom is 0.124 e. The summed E-state index contributed by atoms with van der Waals surface area (Å²) < 4.78 is 19.6. The van der Waals surface area contributed by atoms with E-state index >= 15 is 0 Å². The molecular weight excluding hydrogens is 311 g/mol. The second-order valence-electron chi connectivity index (χ2n) is 5.75. The van der Waals surface area contributed by atoms with E-state index < -0.39 is 6.10 Å². The van der Waals surface area contributed by atoms with Crippen molar-refractivity contribution in [3.63, 3.8) is 0 Å². The summed E-state index contributed by atoms with van der Waals surface area (Å²) in [6.07, 6.45) is 4.69. The third kappa shape index (κ3) is 2.58. The molecule has 1 aliphatic carbocycles. The lowest BCUT2D eigenvalue weighted by molar-refractivity contribution is -0.157. The zero-order chi connectivity index (χ0) is 13.5. The highest BCUT2D eigenvalue weighted by Crippen LogP contribution is 2.47. The topological polar surface area (TPSA) is 29.5 Å². The quantitative estimate of drug-likeness (QED) is 0.890. The molecule has 2 unspecified atom stereocenters. The van der Waals surface area contributed by atoms with E-state index in [0.717, 1.165) is 37.9 Å². The second kappa shape index (κ2) is 5.15. The predicted octanol–water partition coefficient (Wildman–Crippen LogP) is 3.97. The second-order valence-corrected chi connectivity index (χ2v) is 6.60. The minimum Gasteiger partial charge on any atom is -0.388 e. The van der Waals surface area contributed by atoms with E-state index in [1.165, 1.54) is 18.6 Å². The van der Waals surface area contributed by atoms with Crippen LogP contribution in [0, 0.1) is 11.7 Å². The molecule has 1 aromatic rings. The summed E-state index contributed by atoms with van der Waals surface area (Å²) in [4.78, 5) is 0. The van der Waals surface area contributed by atoms with Crippen molar-refractivity contribution in [2.45, 2.75) is 43.8 Å². The molecule has 104 valence electrons. The van der Waals surface area contributed by atoms with Crippen molar-refractivity contribution in [2.24, 2.45) is 5.92 Å². The fraction of sp³-hybridized carbons (Fsp3) is 0.600. The number of benzene rings is 1. The van der Waals surface area contributed by atoms with Gasteiger partial charge < -0.3 is 9.84 Å². The van der Waals surface area contributed by atoms with Crippen LogP contribution in [-0.2, 0) is 4.74 Å². The Labute approximate surface area is 121 Å². The summed E-state index contributed by atoms with van der Waals surface area (Å²) in [6.45, 7) is 0.723. The van der Waals surface area contributed by atoms with Crippen LogP contribution < -0.4 is 0 Å². The Morgan fingerprint density at radius 3 is 2.84 bits per heavy atom. The number of ether oxygens (including phenoxy) is 1. The zero-order valence-electron chi connectivity index (χ0n) is 10.7. The number of hydrogen-bond acceptors (Lipinski definition) is 2. The van der Waals surface area contributed by atoms with E-state index in [0.29, 0.717) is 4.47 Å². The number of hydrogen-bond donors (Lipinski definition) is 1. The summed E-state index contributed by atoms with van der Waals surface area (Å²) >= 11 is 3.34. The highest BCUT2D eigenvalue weighted by atomic mass is 79.9. The molecule has 2 aliphatic rings. The maximum absolute atomic E-state index is 13.1. The van der Waals surface area contributed by atoms with Crippen molar-refractivity contribution < 1.29 is 14.2 Å². The average molecular weight is 329 g/mol. The van der Waals surface area contributed by atoms with Crippen LogP contribution in [0.1, 0.15) is 43.8 Å². The van der Waals surface area contributed by atoms with E-state index in [2.05, 4.69) is 15.9 Å². The van der Waals surface area contributed by atoms with Gasteiger partial charge in [0.05, 0.1) is 11.7 Å². The molecule has 3 rings (SSSR count). The van der Waals surface area contributed by atoms with Crippen molar-refractivity contribution >= 4 is 15.9 Å². The lowest BCUT2D eigenvalue weighted by Crippen LogP contribution is -2.46. The smallest absolute Gasteiger partial charge is 0.124 e. The van der Waals surface area contributed by atoms with Gasteiger partial charge in [0.1, 0.15) is 5.82 Å². The molecule has 1 saturated carbocycles. The minimum absolute atomic E-state index is 0.0242. The number of aliphatic hydroxyl groups excluding tert-OH is 1. The Hall–Kier alpha value is -0.450. The Morgan fingerprint density at radius 2 is 2.21 bits per heavy atom. The minimum atomic E-state index is -0.545. The lowest BCUT2D eigenvalue weighted by Gasteiger charge is -2.48. The van der Waals surface area contributed by atoms with Gasteiger partial charge in [-0.3, -0.25) is 0 Å². The lowest BCUT2D eigenvalue weighted by atomic mass is 9.70. The van der Waals surface area contributed by atoms with Gasteiger partial charge in [0, 0.05) is 11.1 Å². The van der Waals surface area contributed by atoms with Crippen LogP contribution in [0.15, 0.2) is 22.7 Å². The SMILES string of the molecule is OC(c1ccc(F)cc1Br)C1CCOC2(CCC2)C1. The van der Waals surface area contributed by atoms with Crippen LogP contribution >= 0.6 is 15.9 Å². The molecular formula is C15H18BrFO2. The van der Waals surface area contributed by atoms with Crippen molar-refractivity contribution in [1.82, 2.24) is 0 Å². The molecule has 2 fully saturated rings. The molecule has 2 nitrogen and oxygen atoms in total. The normalized spacial score (nSPS) is 27.0. The number of aliphatic hydroxyl groups is 1. The third-order valence-corrected chi connectivity index (χ3v) is 5.21. The fourth-order valence-corrected chi connectivity index (χ4v) is 3.84. The van der Waals surface area contributed by atoms with E-state index in [1.54, 1.807) is 6.07 Å². The van der Waals surface area contributed by atoms with E-state index in [-0.39, 0.29) is 17.3 Å². The van der Waals surface area contributed by atoms with E-state index in [9.17, 15) is 9.50 Å². The molecule has 0 bridgehead atoms. The molecule has 1 saturated heterocycles. The average Bonchev–Trinajstić information content (AvgIpc) is 2.36. The summed E-state index contributed by atoms with van der Waals surface area (Å²) in [5, 5.41) is 10.6. The summed E-state index contributed by atoms with van der Waals surface area (Å²) in [5.74, 6) is -0.0823. The van der Waals surface area contributed by atoms with E-state index in [1.807, 2.05) is 0 Å². The van der Waals surface area contributed by atoms with Crippen LogP contribution in [0.25, 0.3) is 0 Å². The molecule has 1 heterocycles. The standard InChI is InChI=1S/C15H18BrFO2/c16-13-8-11(17)2-3-12(13)14(18)10-4-7-19-15(9-10)5-1-6-15/h2-3,8,10,14,18H,1,4-7,9H2. The van der Waals surface area contributed by atoms with Gasteiger partial charge in [-0.05, 0) is 55.7 Å². The highest BCUT2D eigenvalue weighted by Gasteiger charge is 2.44. The Morgan fingerprint density at radius 1 is 1.42 bits per heavy atom. The van der Waals surface area contributed by atoms with Crippen LogP contribution in [0.3, 0.4) is 0 Å². The molecule has 19 heavy (non-hydrogen) atoms. The number of rotatable bonds is 2. The first kappa shape index (κ1) is 13.5. The summed E-state index contributed by atoms with van der Waals surface area (Å²) in [5.41, 5.74) is 0.805. The van der Waals surface area contributed by atoms with Crippen LogP contribution in [-0.4, -0.2) is 17.3 Å². The molecule has 1 spiro atoms. The van der Waals surface area contributed by atoms with Gasteiger partial charge >= 0.3 is 0 Å². The fourth-order valence-electron chi connectivity index (χ4n) is 3.25. The van der Waals surface area contributed by atoms with Gasteiger partial charge in [0.25, 0.3) is 0 Å². The molecule has 1 aliphatic heterocycles. The summed E-state index contributed by atoms with van der Waals surface area (Å²) in [6, 6.07) is 4.49. The van der Waals surface area contributed by atoms with Gasteiger partial charge in [-0.1, -0.05) is 22.0 Å². The van der Waals surface area contributed by atoms with Gasteiger partial charge in [-0.15, -0.1) is 0 Å². The van der Waals surface area contributed by atoms with Crippen LogP contribution in [0.2, 0.25) is 0 Å². The zero-order valence-corrected chi connectivity index (χ0v) is 12.3. The van der Waals surface area contributed by atoms with Crippen molar-refractivity contribution in [3.8, 4) is 0 Å². The van der Waals surface area contributed by atoms with Crippen molar-refractivity contribution in [2.75, 3.05) is 6.61 Å². The van der Waals surface area contributed by atoms with Gasteiger partial charge in [0.2, 0.25) is 0 Å². The van der Waals surface area contributed by atoms with Crippen molar-refractivity contribution in [1.29, 1.82) is 0 Å². The van der Waals surface area contributed by atoms with E-state index in [4.69, 9.17) is 4.74 Å². The largest absolute Gasteiger partial charge is 0.388 e. The molecule has 1 N–H and O–H groups in total. The molecule has 2 atom stereocenters. The van der Waals surface area contributed by atoms with Gasteiger partial charge in [-0.2, -0.15) is 0 Å². The van der Waals surface area contributed by atoms with Gasteiger partial charge in [-0.25, -0.2) is 4.39 Å². The third-order valence-electron chi connectivity index (χ3n) is 4.52. The van der Waals surface area contributed by atoms with Gasteiger partial charge in [0.15, 0.2) is 0 Å². The molecule has 1 aromatic carbocycles. The first-order valence-electron chi connectivity index (χ1n) is 6.87. The number of halogens is 2. The predicted molar refractivity (Wildman–Crippen MR) is 74.3 cm³/mol. The monoisotopic (exact) mass is 328 g/mol. The van der Waals surface area contributed by atoms with Crippen LogP contribution in [0.5, 0.6) is 0 Å². The first-order valence-corrected chi connectivity index (χ1v) is 7.66. The Kier molecular flexibility index (Phi) is 3.67. The first-order chi connectivity index (χ1) is 9.10.